The Hall–Kier alpha value is -1.34. The smallest absolute Gasteiger partial charge is 0.326 e. The second-order valence-corrected chi connectivity index (χ2v) is 4.41. The summed E-state index contributed by atoms with van der Waals surface area (Å²) < 4.78 is 5.12. The van der Waals surface area contributed by atoms with Gasteiger partial charge in [-0.25, -0.2) is 9.59 Å². The van der Waals surface area contributed by atoms with Gasteiger partial charge in [-0.05, 0) is 6.42 Å². The van der Waals surface area contributed by atoms with Crippen molar-refractivity contribution in [2.45, 2.75) is 31.0 Å². The van der Waals surface area contributed by atoms with Crippen LogP contribution >= 0.6 is 0 Å². The van der Waals surface area contributed by atoms with Gasteiger partial charge >= 0.3 is 12.0 Å². The summed E-state index contributed by atoms with van der Waals surface area (Å²) in [5, 5.41) is 21.1. The number of ether oxygens (including phenoxy) is 1. The zero-order chi connectivity index (χ0) is 12.4. The maximum Gasteiger partial charge on any atom is 0.326 e. The highest BCUT2D eigenvalue weighted by atomic mass is 16.5. The molecule has 96 valence electrons. The van der Waals surface area contributed by atoms with E-state index in [9.17, 15) is 14.7 Å². The molecule has 2 saturated heterocycles. The van der Waals surface area contributed by atoms with Crippen molar-refractivity contribution in [2.75, 3.05) is 19.8 Å². The molecule has 0 aromatic rings. The van der Waals surface area contributed by atoms with Crippen molar-refractivity contribution in [1.82, 2.24) is 10.2 Å². The SMILES string of the molecule is O=C(O)[C@H]1C[C@@H](O)CN1C(=O)NC1CCOC1. The second-order valence-electron chi connectivity index (χ2n) is 4.41. The van der Waals surface area contributed by atoms with Crippen molar-refractivity contribution in [3.63, 3.8) is 0 Å². The molecule has 3 N–H and O–H groups in total. The number of β-amino-alcohol motifs (C(OH)–C–C–N with tert-alkyl or cyclic N) is 1. The summed E-state index contributed by atoms with van der Waals surface area (Å²) in [6.45, 7) is 1.13. The number of urea groups is 1. The van der Waals surface area contributed by atoms with Gasteiger partial charge in [-0.2, -0.15) is 0 Å². The maximum atomic E-state index is 11.8. The van der Waals surface area contributed by atoms with Gasteiger partial charge in [0.25, 0.3) is 0 Å². The molecular weight excluding hydrogens is 228 g/mol. The summed E-state index contributed by atoms with van der Waals surface area (Å²) in [4.78, 5) is 24.0. The van der Waals surface area contributed by atoms with Gasteiger partial charge in [0.1, 0.15) is 6.04 Å². The van der Waals surface area contributed by atoms with E-state index >= 15 is 0 Å². The van der Waals surface area contributed by atoms with Gasteiger partial charge in [0.15, 0.2) is 0 Å². The first kappa shape index (κ1) is 12.1. The van der Waals surface area contributed by atoms with E-state index in [1.165, 1.54) is 4.90 Å². The maximum absolute atomic E-state index is 11.8. The molecule has 2 aliphatic rings. The van der Waals surface area contributed by atoms with Crippen molar-refractivity contribution >= 4 is 12.0 Å². The van der Waals surface area contributed by atoms with Crippen LogP contribution in [0.4, 0.5) is 4.79 Å². The molecule has 7 nitrogen and oxygen atoms in total. The van der Waals surface area contributed by atoms with E-state index in [4.69, 9.17) is 9.84 Å². The molecule has 2 fully saturated rings. The number of carboxylic acids is 1. The van der Waals surface area contributed by atoms with Gasteiger partial charge in [0.05, 0.1) is 18.8 Å². The molecule has 1 unspecified atom stereocenters. The number of hydrogen-bond acceptors (Lipinski definition) is 4. The average Bonchev–Trinajstić information content (AvgIpc) is 2.86. The van der Waals surface area contributed by atoms with E-state index in [2.05, 4.69) is 5.32 Å². The quantitative estimate of drug-likeness (QED) is 0.579. The van der Waals surface area contributed by atoms with Crippen LogP contribution in [0.5, 0.6) is 0 Å². The van der Waals surface area contributed by atoms with Crippen molar-refractivity contribution in [1.29, 1.82) is 0 Å². The predicted molar refractivity (Wildman–Crippen MR) is 56.5 cm³/mol. The van der Waals surface area contributed by atoms with E-state index in [1.54, 1.807) is 0 Å². The molecule has 2 rings (SSSR count). The zero-order valence-corrected chi connectivity index (χ0v) is 9.33. The molecule has 0 radical (unpaired) electrons. The molecule has 2 heterocycles. The van der Waals surface area contributed by atoms with Gasteiger partial charge < -0.3 is 25.2 Å². The first-order valence-corrected chi connectivity index (χ1v) is 5.63. The molecular formula is C10H16N2O5. The molecule has 0 aromatic heterocycles. The third-order valence-electron chi connectivity index (χ3n) is 3.08. The van der Waals surface area contributed by atoms with E-state index in [0.29, 0.717) is 13.2 Å². The highest BCUT2D eigenvalue weighted by Gasteiger charge is 2.39. The lowest BCUT2D eigenvalue weighted by atomic mass is 10.2. The highest BCUT2D eigenvalue weighted by molar-refractivity contribution is 5.83. The number of likely N-dealkylation sites (tertiary alicyclic amines) is 1. The molecule has 7 heteroatoms. The Morgan fingerprint density at radius 1 is 1.41 bits per heavy atom. The Labute approximate surface area is 98.3 Å². The molecule has 3 atom stereocenters. The Balaban J connectivity index is 1.94. The Morgan fingerprint density at radius 2 is 2.18 bits per heavy atom. The molecule has 0 saturated carbocycles. The van der Waals surface area contributed by atoms with Crippen LogP contribution in [0.15, 0.2) is 0 Å². The van der Waals surface area contributed by atoms with Crippen LogP contribution in [-0.4, -0.2) is 65.1 Å². The number of nitrogens with zero attached hydrogens (tertiary/aromatic N) is 1. The molecule has 0 spiro atoms. The van der Waals surface area contributed by atoms with Crippen LogP contribution in [0.1, 0.15) is 12.8 Å². The Kier molecular flexibility index (Phi) is 3.49. The first-order valence-electron chi connectivity index (χ1n) is 5.63. The van der Waals surface area contributed by atoms with Crippen molar-refractivity contribution in [2.24, 2.45) is 0 Å². The number of hydrogen-bond donors (Lipinski definition) is 3. The zero-order valence-electron chi connectivity index (χ0n) is 9.33. The van der Waals surface area contributed by atoms with Crippen molar-refractivity contribution in [3.8, 4) is 0 Å². The highest BCUT2D eigenvalue weighted by Crippen LogP contribution is 2.18. The molecule has 0 aromatic carbocycles. The van der Waals surface area contributed by atoms with E-state index in [1.807, 2.05) is 0 Å². The molecule has 0 bridgehead atoms. The second kappa shape index (κ2) is 4.89. The van der Waals surface area contributed by atoms with E-state index < -0.39 is 24.1 Å². The van der Waals surface area contributed by atoms with Crippen molar-refractivity contribution < 1.29 is 24.5 Å². The van der Waals surface area contributed by atoms with Crippen LogP contribution in [0.3, 0.4) is 0 Å². The lowest BCUT2D eigenvalue weighted by Crippen LogP contribution is -2.49. The lowest BCUT2D eigenvalue weighted by Gasteiger charge is -2.23. The Bertz CT molecular complexity index is 316. The minimum atomic E-state index is -1.08. The van der Waals surface area contributed by atoms with E-state index in [0.717, 1.165) is 6.42 Å². The summed E-state index contributed by atoms with van der Waals surface area (Å²) in [5.74, 6) is -1.08. The average molecular weight is 244 g/mol. The number of amides is 2. The number of carbonyl (C=O) groups is 2. The van der Waals surface area contributed by atoms with Gasteiger partial charge in [-0.15, -0.1) is 0 Å². The fraction of sp³-hybridized carbons (Fsp3) is 0.800. The fourth-order valence-electron chi connectivity index (χ4n) is 2.18. The minimum Gasteiger partial charge on any atom is -0.480 e. The van der Waals surface area contributed by atoms with Gasteiger partial charge in [-0.3, -0.25) is 0 Å². The number of aliphatic carboxylic acids is 1. The Morgan fingerprint density at radius 3 is 2.76 bits per heavy atom. The largest absolute Gasteiger partial charge is 0.480 e. The molecule has 0 aliphatic carbocycles. The monoisotopic (exact) mass is 244 g/mol. The normalized spacial score (nSPS) is 32.8. The summed E-state index contributed by atoms with van der Waals surface area (Å²) >= 11 is 0. The van der Waals surface area contributed by atoms with Gasteiger partial charge in [0.2, 0.25) is 0 Å². The molecule has 2 aliphatic heterocycles. The number of aliphatic hydroxyl groups is 1. The van der Waals surface area contributed by atoms with Crippen molar-refractivity contribution in [3.05, 3.63) is 0 Å². The van der Waals surface area contributed by atoms with Crippen LogP contribution in [-0.2, 0) is 9.53 Å². The molecule has 2 amide bonds. The summed E-state index contributed by atoms with van der Waals surface area (Å²) in [5.41, 5.74) is 0. The van der Waals surface area contributed by atoms with Crippen LogP contribution in [0, 0.1) is 0 Å². The van der Waals surface area contributed by atoms with E-state index in [-0.39, 0.29) is 19.0 Å². The summed E-state index contributed by atoms with van der Waals surface area (Å²) in [6, 6.07) is -1.44. The van der Waals surface area contributed by atoms with Gasteiger partial charge in [0, 0.05) is 19.6 Å². The first-order chi connectivity index (χ1) is 8.08. The van der Waals surface area contributed by atoms with Crippen LogP contribution in [0.2, 0.25) is 0 Å². The predicted octanol–water partition coefficient (Wildman–Crippen LogP) is -0.995. The van der Waals surface area contributed by atoms with Crippen LogP contribution < -0.4 is 5.32 Å². The summed E-state index contributed by atoms with van der Waals surface area (Å²) in [6.07, 6.45) is 0.0609. The third-order valence-corrected chi connectivity index (χ3v) is 3.08. The van der Waals surface area contributed by atoms with Gasteiger partial charge in [-0.1, -0.05) is 0 Å². The summed E-state index contributed by atoms with van der Waals surface area (Å²) in [7, 11) is 0. The lowest BCUT2D eigenvalue weighted by molar-refractivity contribution is -0.141. The minimum absolute atomic E-state index is 0.0605. The number of nitrogens with one attached hydrogen (secondary N) is 1. The fourth-order valence-corrected chi connectivity index (χ4v) is 2.18. The number of carbonyl (C=O) groups excluding carboxylic acids is 1. The molecule has 17 heavy (non-hydrogen) atoms. The standard InChI is InChI=1S/C10H16N2O5/c13-7-3-8(9(14)15)12(4-7)10(16)11-6-1-2-17-5-6/h6-8,13H,1-5H2,(H,11,16)(H,14,15)/t6?,7-,8-/m1/s1. The number of carboxylic acid groups (broad SMARTS) is 1. The third kappa shape index (κ3) is 2.67. The van der Waals surface area contributed by atoms with Crippen LogP contribution in [0.25, 0.3) is 0 Å². The number of rotatable bonds is 2. The number of aliphatic hydroxyl groups excluding tert-OH is 1. The topological polar surface area (TPSA) is 99.1 Å².